The first kappa shape index (κ1) is 14.3. The van der Waals surface area contributed by atoms with Gasteiger partial charge in [0.25, 0.3) is 0 Å². The number of nitrogens with zero attached hydrogens (tertiary/aromatic N) is 2. The number of hydrogen-bond donors (Lipinski definition) is 0. The van der Waals surface area contributed by atoms with Crippen LogP contribution in [0.1, 0.15) is 46.9 Å². The van der Waals surface area contributed by atoms with E-state index in [4.69, 9.17) is 4.74 Å². The van der Waals surface area contributed by atoms with Crippen molar-refractivity contribution in [1.82, 2.24) is 9.78 Å². The van der Waals surface area contributed by atoms with Gasteiger partial charge in [-0.3, -0.25) is 4.68 Å². The summed E-state index contributed by atoms with van der Waals surface area (Å²) in [5.74, 6) is 0.174. The molecule has 1 aromatic heterocycles. The summed E-state index contributed by atoms with van der Waals surface area (Å²) in [5.41, 5.74) is 3.60. The summed E-state index contributed by atoms with van der Waals surface area (Å²) in [7, 11) is 1.80. The lowest BCUT2D eigenvalue weighted by molar-refractivity contribution is 0.0471. The Kier molecular flexibility index (Phi) is 4.23. The van der Waals surface area contributed by atoms with Gasteiger partial charge in [0.05, 0.1) is 6.20 Å². The number of rotatable bonds is 4. The van der Waals surface area contributed by atoms with Gasteiger partial charge in [-0.05, 0) is 24.0 Å². The molecule has 20 heavy (non-hydrogen) atoms. The van der Waals surface area contributed by atoms with E-state index in [9.17, 15) is 4.79 Å². The number of carbonyl (C=O) groups is 1. The van der Waals surface area contributed by atoms with E-state index in [-0.39, 0.29) is 12.6 Å². The maximum atomic E-state index is 12.0. The molecule has 4 nitrogen and oxygen atoms in total. The van der Waals surface area contributed by atoms with Crippen molar-refractivity contribution in [3.05, 3.63) is 52.8 Å². The number of aryl methyl sites for hydroxylation is 1. The van der Waals surface area contributed by atoms with Gasteiger partial charge in [-0.1, -0.05) is 38.1 Å². The molecular formula is C16H20N2O2. The molecule has 1 aromatic carbocycles. The van der Waals surface area contributed by atoms with Crippen molar-refractivity contribution in [2.75, 3.05) is 0 Å². The minimum atomic E-state index is -0.330. The zero-order valence-corrected chi connectivity index (χ0v) is 12.4. The van der Waals surface area contributed by atoms with Crippen LogP contribution in [0.5, 0.6) is 0 Å². The second kappa shape index (κ2) is 5.90. The molecule has 0 aliphatic heterocycles. The van der Waals surface area contributed by atoms with Crippen LogP contribution in [-0.4, -0.2) is 15.7 Å². The van der Waals surface area contributed by atoms with E-state index >= 15 is 0 Å². The van der Waals surface area contributed by atoms with Crippen LogP contribution < -0.4 is 0 Å². The Morgan fingerprint density at radius 3 is 2.45 bits per heavy atom. The molecule has 0 aliphatic rings. The van der Waals surface area contributed by atoms with Crippen molar-refractivity contribution >= 4 is 5.97 Å². The van der Waals surface area contributed by atoms with E-state index in [1.165, 1.54) is 5.56 Å². The number of ether oxygens (including phenoxy) is 1. The van der Waals surface area contributed by atoms with Crippen LogP contribution in [0.2, 0.25) is 0 Å². The molecule has 2 rings (SSSR count). The highest BCUT2D eigenvalue weighted by atomic mass is 16.5. The lowest BCUT2D eigenvalue weighted by Crippen LogP contribution is -2.07. The molecule has 0 aliphatic carbocycles. The first-order valence-corrected chi connectivity index (χ1v) is 6.73. The van der Waals surface area contributed by atoms with Gasteiger partial charge in [-0.15, -0.1) is 0 Å². The molecule has 0 saturated heterocycles. The molecule has 0 N–H and O–H groups in total. The fourth-order valence-corrected chi connectivity index (χ4v) is 1.92. The second-order valence-electron chi connectivity index (χ2n) is 5.24. The first-order valence-electron chi connectivity index (χ1n) is 6.73. The Hall–Kier alpha value is -2.10. The minimum Gasteiger partial charge on any atom is -0.457 e. The van der Waals surface area contributed by atoms with Gasteiger partial charge in [-0.25, -0.2) is 4.79 Å². The summed E-state index contributed by atoms with van der Waals surface area (Å²) < 4.78 is 6.98. The van der Waals surface area contributed by atoms with E-state index in [0.717, 1.165) is 11.3 Å². The Morgan fingerprint density at radius 2 is 1.95 bits per heavy atom. The third-order valence-corrected chi connectivity index (χ3v) is 3.47. The Labute approximate surface area is 119 Å². The lowest BCUT2D eigenvalue weighted by atomic mass is 10.0. The minimum absolute atomic E-state index is 0.283. The average molecular weight is 272 g/mol. The molecule has 106 valence electrons. The number of aromatic nitrogens is 2. The van der Waals surface area contributed by atoms with Crippen LogP contribution in [0.25, 0.3) is 0 Å². The highest BCUT2D eigenvalue weighted by molar-refractivity contribution is 5.90. The molecule has 2 aromatic rings. The molecule has 1 heterocycles. The summed E-state index contributed by atoms with van der Waals surface area (Å²) in [4.78, 5) is 12.0. The standard InChI is InChI=1S/C16H20N2O2/c1-11(2)14-7-5-13(6-8-14)10-20-16(19)15-9-17-18(4)12(15)3/h5-9,11H,10H2,1-4H3. The van der Waals surface area contributed by atoms with E-state index in [1.54, 1.807) is 17.9 Å². The van der Waals surface area contributed by atoms with Crippen LogP contribution >= 0.6 is 0 Å². The SMILES string of the molecule is Cc1c(C(=O)OCc2ccc(C(C)C)cc2)cnn1C. The molecular weight excluding hydrogens is 252 g/mol. The van der Waals surface area contributed by atoms with Crippen molar-refractivity contribution in [1.29, 1.82) is 0 Å². The Balaban J connectivity index is 1.98. The van der Waals surface area contributed by atoms with Gasteiger partial charge < -0.3 is 4.74 Å². The maximum Gasteiger partial charge on any atom is 0.341 e. The van der Waals surface area contributed by atoms with E-state index in [1.807, 2.05) is 19.1 Å². The molecule has 0 unspecified atom stereocenters. The molecule has 0 spiro atoms. The second-order valence-corrected chi connectivity index (χ2v) is 5.24. The molecule has 0 atom stereocenters. The fourth-order valence-electron chi connectivity index (χ4n) is 1.92. The van der Waals surface area contributed by atoms with Crippen molar-refractivity contribution in [2.24, 2.45) is 7.05 Å². The number of hydrogen-bond acceptors (Lipinski definition) is 3. The van der Waals surface area contributed by atoms with Crippen LogP contribution in [0, 0.1) is 6.92 Å². The van der Waals surface area contributed by atoms with Crippen LogP contribution in [0.4, 0.5) is 0 Å². The van der Waals surface area contributed by atoms with Crippen LogP contribution in [0.15, 0.2) is 30.5 Å². The summed E-state index contributed by atoms with van der Waals surface area (Å²) in [5, 5.41) is 4.04. The molecule has 0 fully saturated rings. The van der Waals surface area contributed by atoms with Crippen molar-refractivity contribution < 1.29 is 9.53 Å². The molecule has 0 amide bonds. The van der Waals surface area contributed by atoms with E-state index < -0.39 is 0 Å². The quantitative estimate of drug-likeness (QED) is 0.803. The van der Waals surface area contributed by atoms with Crippen molar-refractivity contribution in [3.8, 4) is 0 Å². The van der Waals surface area contributed by atoms with Crippen LogP contribution in [0.3, 0.4) is 0 Å². The third-order valence-electron chi connectivity index (χ3n) is 3.47. The normalized spacial score (nSPS) is 10.8. The van der Waals surface area contributed by atoms with Crippen molar-refractivity contribution in [2.45, 2.75) is 33.3 Å². The summed E-state index contributed by atoms with van der Waals surface area (Å²) in [6.45, 7) is 6.44. The van der Waals surface area contributed by atoms with Gasteiger partial charge in [0, 0.05) is 12.7 Å². The summed E-state index contributed by atoms with van der Waals surface area (Å²) >= 11 is 0. The number of benzene rings is 1. The first-order chi connectivity index (χ1) is 9.49. The third kappa shape index (κ3) is 3.07. The van der Waals surface area contributed by atoms with Crippen LogP contribution in [-0.2, 0) is 18.4 Å². The monoisotopic (exact) mass is 272 g/mol. The van der Waals surface area contributed by atoms with Gasteiger partial charge >= 0.3 is 5.97 Å². The molecule has 4 heteroatoms. The summed E-state index contributed by atoms with van der Waals surface area (Å²) in [6.07, 6.45) is 1.54. The van der Waals surface area contributed by atoms with E-state index in [0.29, 0.717) is 11.5 Å². The van der Waals surface area contributed by atoms with Gasteiger partial charge in [0.1, 0.15) is 12.2 Å². The highest BCUT2D eigenvalue weighted by Crippen LogP contribution is 2.16. The van der Waals surface area contributed by atoms with Gasteiger partial charge in [0.2, 0.25) is 0 Å². The molecule has 0 saturated carbocycles. The smallest absolute Gasteiger partial charge is 0.341 e. The lowest BCUT2D eigenvalue weighted by Gasteiger charge is -2.08. The van der Waals surface area contributed by atoms with Crippen molar-refractivity contribution in [3.63, 3.8) is 0 Å². The number of carbonyl (C=O) groups excluding carboxylic acids is 1. The predicted molar refractivity (Wildman–Crippen MR) is 77.6 cm³/mol. The Morgan fingerprint density at radius 1 is 1.30 bits per heavy atom. The van der Waals surface area contributed by atoms with Gasteiger partial charge in [0.15, 0.2) is 0 Å². The molecule has 0 bridgehead atoms. The van der Waals surface area contributed by atoms with Gasteiger partial charge in [-0.2, -0.15) is 5.10 Å². The maximum absolute atomic E-state index is 12.0. The predicted octanol–water partition coefficient (Wildman–Crippen LogP) is 3.21. The van der Waals surface area contributed by atoms with E-state index in [2.05, 4.69) is 31.1 Å². The number of esters is 1. The zero-order chi connectivity index (χ0) is 14.7. The molecule has 0 radical (unpaired) electrons. The Bertz CT molecular complexity index is 597. The average Bonchev–Trinajstić information content (AvgIpc) is 2.77. The topological polar surface area (TPSA) is 44.1 Å². The zero-order valence-electron chi connectivity index (χ0n) is 12.4. The largest absolute Gasteiger partial charge is 0.457 e. The highest BCUT2D eigenvalue weighted by Gasteiger charge is 2.14. The fraction of sp³-hybridized carbons (Fsp3) is 0.375. The summed E-state index contributed by atoms with van der Waals surface area (Å²) in [6, 6.07) is 8.14.